The molecule has 0 atom stereocenters. The minimum Gasteiger partial charge on any atom is -0.387 e. The molecule has 1 saturated heterocycles. The van der Waals surface area contributed by atoms with E-state index in [1.165, 1.54) is 6.20 Å². The Morgan fingerprint density at radius 1 is 1.44 bits per heavy atom. The molecule has 0 radical (unpaired) electrons. The average molecular weight is 269 g/mol. The predicted molar refractivity (Wildman–Crippen MR) is 71.0 cm³/mol. The van der Waals surface area contributed by atoms with Crippen LogP contribution in [0.5, 0.6) is 0 Å². The highest BCUT2D eigenvalue weighted by Crippen LogP contribution is 2.35. The molecule has 18 heavy (non-hydrogen) atoms. The van der Waals surface area contributed by atoms with Gasteiger partial charge in [0.25, 0.3) is 0 Å². The van der Waals surface area contributed by atoms with E-state index in [9.17, 15) is 8.42 Å². The monoisotopic (exact) mass is 269 g/mol. The standard InChI is InChI=1S/C12H19N3O2S/c1-12(2)6-4-8-15(12)18(16,17)11-9-14-7-5-10(11)13-3/h5,7,9H,4,6,8H2,1-3H3,(H,13,14). The minimum atomic E-state index is -3.48. The fourth-order valence-electron chi connectivity index (χ4n) is 2.44. The summed E-state index contributed by atoms with van der Waals surface area (Å²) in [6.45, 7) is 4.51. The third kappa shape index (κ3) is 2.10. The van der Waals surface area contributed by atoms with Crippen molar-refractivity contribution in [2.24, 2.45) is 0 Å². The summed E-state index contributed by atoms with van der Waals surface area (Å²) in [5.74, 6) is 0. The minimum absolute atomic E-state index is 0.252. The number of sulfonamides is 1. The fourth-order valence-corrected chi connectivity index (χ4v) is 4.43. The summed E-state index contributed by atoms with van der Waals surface area (Å²) in [5.41, 5.74) is 0.271. The molecule has 5 nitrogen and oxygen atoms in total. The zero-order valence-electron chi connectivity index (χ0n) is 11.0. The molecule has 0 saturated carbocycles. The van der Waals surface area contributed by atoms with Crippen molar-refractivity contribution in [2.75, 3.05) is 18.9 Å². The van der Waals surface area contributed by atoms with E-state index in [-0.39, 0.29) is 10.4 Å². The fraction of sp³-hybridized carbons (Fsp3) is 0.583. The third-order valence-electron chi connectivity index (χ3n) is 3.45. The lowest BCUT2D eigenvalue weighted by Gasteiger charge is -2.30. The van der Waals surface area contributed by atoms with E-state index in [0.29, 0.717) is 12.2 Å². The number of pyridine rings is 1. The summed E-state index contributed by atoms with van der Waals surface area (Å²) in [6, 6.07) is 1.68. The first-order chi connectivity index (χ1) is 8.39. The molecule has 0 amide bonds. The quantitative estimate of drug-likeness (QED) is 0.907. The molecule has 0 aliphatic carbocycles. The number of nitrogens with zero attached hydrogens (tertiary/aromatic N) is 2. The molecule has 6 heteroatoms. The second-order valence-electron chi connectivity index (χ2n) is 5.11. The third-order valence-corrected chi connectivity index (χ3v) is 5.59. The normalized spacial score (nSPS) is 19.9. The van der Waals surface area contributed by atoms with E-state index in [2.05, 4.69) is 10.3 Å². The van der Waals surface area contributed by atoms with Crippen LogP contribution in [0.2, 0.25) is 0 Å². The van der Waals surface area contributed by atoms with Crippen LogP contribution in [0, 0.1) is 0 Å². The van der Waals surface area contributed by atoms with Gasteiger partial charge in [-0.15, -0.1) is 0 Å². The van der Waals surface area contributed by atoms with Gasteiger partial charge in [-0.2, -0.15) is 4.31 Å². The van der Waals surface area contributed by atoms with Gasteiger partial charge in [0, 0.05) is 31.5 Å². The van der Waals surface area contributed by atoms with Crippen LogP contribution in [0.1, 0.15) is 26.7 Å². The Hall–Kier alpha value is -1.14. The predicted octanol–water partition coefficient (Wildman–Crippen LogP) is 1.69. The van der Waals surface area contributed by atoms with Crippen LogP contribution in [0.4, 0.5) is 5.69 Å². The zero-order valence-corrected chi connectivity index (χ0v) is 11.8. The lowest BCUT2D eigenvalue weighted by atomic mass is 10.0. The molecule has 1 aliphatic rings. The second kappa shape index (κ2) is 4.51. The molecule has 1 aromatic heterocycles. The summed E-state index contributed by atoms with van der Waals surface area (Å²) in [5, 5.41) is 2.91. The number of hydrogen-bond donors (Lipinski definition) is 1. The van der Waals surface area contributed by atoms with Crippen LogP contribution >= 0.6 is 0 Å². The maximum atomic E-state index is 12.7. The Balaban J connectivity index is 2.49. The molecule has 1 N–H and O–H groups in total. The molecule has 0 spiro atoms. The number of rotatable bonds is 3. The highest BCUT2D eigenvalue weighted by molar-refractivity contribution is 7.89. The van der Waals surface area contributed by atoms with Crippen molar-refractivity contribution >= 4 is 15.7 Å². The molecule has 2 rings (SSSR count). The van der Waals surface area contributed by atoms with Crippen LogP contribution < -0.4 is 5.32 Å². The zero-order chi connectivity index (χ0) is 13.4. The van der Waals surface area contributed by atoms with Crippen LogP contribution in [0.15, 0.2) is 23.4 Å². The summed E-state index contributed by atoms with van der Waals surface area (Å²) in [7, 11) is -1.77. The lowest BCUT2D eigenvalue weighted by molar-refractivity contribution is 0.292. The smallest absolute Gasteiger partial charge is 0.247 e. The number of nitrogens with one attached hydrogen (secondary N) is 1. The first-order valence-corrected chi connectivity index (χ1v) is 7.48. The molecular formula is C12H19N3O2S. The SMILES string of the molecule is CNc1ccncc1S(=O)(=O)N1CCCC1(C)C. The number of hydrogen-bond acceptors (Lipinski definition) is 4. The van der Waals surface area contributed by atoms with Crippen LogP contribution in [-0.2, 0) is 10.0 Å². The van der Waals surface area contributed by atoms with E-state index in [4.69, 9.17) is 0 Å². The van der Waals surface area contributed by atoms with Crippen molar-refractivity contribution in [3.8, 4) is 0 Å². The maximum absolute atomic E-state index is 12.7. The van der Waals surface area contributed by atoms with Crippen molar-refractivity contribution in [2.45, 2.75) is 37.1 Å². The molecule has 1 aromatic rings. The molecule has 0 bridgehead atoms. The van der Waals surface area contributed by atoms with Crippen LogP contribution in [-0.4, -0.2) is 36.8 Å². The van der Waals surface area contributed by atoms with Gasteiger partial charge in [0.15, 0.2) is 0 Å². The van der Waals surface area contributed by atoms with Gasteiger partial charge in [0.2, 0.25) is 10.0 Å². The van der Waals surface area contributed by atoms with Crippen LogP contribution in [0.25, 0.3) is 0 Å². The van der Waals surface area contributed by atoms with Gasteiger partial charge >= 0.3 is 0 Å². The van der Waals surface area contributed by atoms with E-state index in [1.54, 1.807) is 23.6 Å². The van der Waals surface area contributed by atoms with E-state index >= 15 is 0 Å². The number of aromatic nitrogens is 1. The Bertz CT molecular complexity index is 540. The second-order valence-corrected chi connectivity index (χ2v) is 6.95. The average Bonchev–Trinajstić information content (AvgIpc) is 2.69. The van der Waals surface area contributed by atoms with Gasteiger partial charge in [-0.3, -0.25) is 4.98 Å². The highest BCUT2D eigenvalue weighted by Gasteiger charge is 2.41. The molecule has 1 aliphatic heterocycles. The van der Waals surface area contributed by atoms with Crippen LogP contribution in [0.3, 0.4) is 0 Å². The molecule has 100 valence electrons. The largest absolute Gasteiger partial charge is 0.387 e. The summed E-state index contributed by atoms with van der Waals surface area (Å²) < 4.78 is 26.9. The van der Waals surface area contributed by atoms with Gasteiger partial charge < -0.3 is 5.32 Å². The molecule has 1 fully saturated rings. The summed E-state index contributed by atoms with van der Waals surface area (Å²) in [6.07, 6.45) is 4.79. The molecule has 0 unspecified atom stereocenters. The lowest BCUT2D eigenvalue weighted by Crippen LogP contribution is -2.42. The summed E-state index contributed by atoms with van der Waals surface area (Å²) in [4.78, 5) is 4.19. The first kappa shape index (κ1) is 13.3. The van der Waals surface area contributed by atoms with Gasteiger partial charge in [-0.1, -0.05) is 0 Å². The van der Waals surface area contributed by atoms with E-state index in [0.717, 1.165) is 12.8 Å². The van der Waals surface area contributed by atoms with Gasteiger partial charge in [0.05, 0.1) is 5.69 Å². The van der Waals surface area contributed by atoms with Crippen molar-refractivity contribution in [3.63, 3.8) is 0 Å². The van der Waals surface area contributed by atoms with Gasteiger partial charge in [-0.25, -0.2) is 8.42 Å². The molecular weight excluding hydrogens is 250 g/mol. The van der Waals surface area contributed by atoms with E-state index in [1.807, 2.05) is 13.8 Å². The van der Waals surface area contributed by atoms with Crippen molar-refractivity contribution in [3.05, 3.63) is 18.5 Å². The Morgan fingerprint density at radius 2 is 2.17 bits per heavy atom. The Labute approximate surface area is 108 Å². The highest BCUT2D eigenvalue weighted by atomic mass is 32.2. The summed E-state index contributed by atoms with van der Waals surface area (Å²) >= 11 is 0. The Morgan fingerprint density at radius 3 is 2.72 bits per heavy atom. The van der Waals surface area contributed by atoms with E-state index < -0.39 is 10.0 Å². The molecule has 2 heterocycles. The maximum Gasteiger partial charge on any atom is 0.247 e. The topological polar surface area (TPSA) is 62.3 Å². The van der Waals surface area contributed by atoms with Crippen molar-refractivity contribution in [1.29, 1.82) is 0 Å². The van der Waals surface area contributed by atoms with Crippen molar-refractivity contribution < 1.29 is 8.42 Å². The van der Waals surface area contributed by atoms with Gasteiger partial charge in [-0.05, 0) is 32.8 Å². The first-order valence-electron chi connectivity index (χ1n) is 6.04. The Kier molecular flexibility index (Phi) is 3.33. The van der Waals surface area contributed by atoms with Gasteiger partial charge in [0.1, 0.15) is 4.90 Å². The number of anilines is 1. The van der Waals surface area contributed by atoms with Crippen molar-refractivity contribution in [1.82, 2.24) is 9.29 Å². The molecule has 0 aromatic carbocycles.